The van der Waals surface area contributed by atoms with Gasteiger partial charge in [0, 0.05) is 10.6 Å². The van der Waals surface area contributed by atoms with E-state index in [-0.39, 0.29) is 0 Å². The van der Waals surface area contributed by atoms with Crippen LogP contribution >= 0.6 is 11.6 Å². The molecule has 136 valence electrons. The molecule has 1 N–H and O–H groups in total. The van der Waals surface area contributed by atoms with E-state index in [4.69, 9.17) is 11.6 Å². The molecule has 2 aromatic carbocycles. The maximum absolute atomic E-state index is 6.82. The van der Waals surface area contributed by atoms with E-state index in [0.29, 0.717) is 5.92 Å². The monoisotopic (exact) mass is 367 g/mol. The zero-order valence-electron chi connectivity index (χ0n) is 15.4. The predicted molar refractivity (Wildman–Crippen MR) is 109 cm³/mol. The highest BCUT2D eigenvalue weighted by molar-refractivity contribution is 6.32. The van der Waals surface area contributed by atoms with Crippen LogP contribution in [-0.4, -0.2) is 15.4 Å². The van der Waals surface area contributed by atoms with Gasteiger partial charge in [-0.05, 0) is 60.4 Å². The summed E-state index contributed by atoms with van der Waals surface area (Å²) < 4.78 is 0. The van der Waals surface area contributed by atoms with Gasteiger partial charge in [-0.15, -0.1) is 0 Å². The summed E-state index contributed by atoms with van der Waals surface area (Å²) in [4.78, 5) is 0. The van der Waals surface area contributed by atoms with E-state index >= 15 is 0 Å². The fraction of sp³-hybridized carbons (Fsp3) is 0.455. The summed E-state index contributed by atoms with van der Waals surface area (Å²) in [6, 6.07) is 10.8. The zero-order valence-corrected chi connectivity index (χ0v) is 16.1. The van der Waals surface area contributed by atoms with Gasteiger partial charge in [0.15, 0.2) is 0 Å². The number of hydrogen-bond donors (Lipinski definition) is 1. The van der Waals surface area contributed by atoms with Crippen LogP contribution < -0.4 is 0 Å². The standard InChI is InChI=1S/C22H26ClN3/c1-2-3-10-17-19(18-11-7-12-21-22(18)25-26-24-21)13-16(14-20(17)23)15-8-5-4-6-9-15/h7,11-15H,2-6,8-10H2,1H3,(H,24,25,26). The predicted octanol–water partition coefficient (Wildman–Crippen LogP) is 6.67. The van der Waals surface area contributed by atoms with Crippen molar-refractivity contribution in [3.8, 4) is 11.1 Å². The van der Waals surface area contributed by atoms with Crippen molar-refractivity contribution in [3.05, 3.63) is 46.5 Å². The second-order valence-electron chi connectivity index (χ2n) is 7.46. The van der Waals surface area contributed by atoms with Crippen LogP contribution in [0, 0.1) is 0 Å². The van der Waals surface area contributed by atoms with Crippen LogP contribution in [0.4, 0.5) is 0 Å². The number of H-pyrrole nitrogens is 1. The summed E-state index contributed by atoms with van der Waals surface area (Å²) in [5.74, 6) is 0.636. The summed E-state index contributed by atoms with van der Waals surface area (Å²) in [5, 5.41) is 12.4. The maximum Gasteiger partial charge on any atom is 0.120 e. The summed E-state index contributed by atoms with van der Waals surface area (Å²) >= 11 is 6.82. The molecule has 3 nitrogen and oxygen atoms in total. The van der Waals surface area contributed by atoms with Crippen molar-refractivity contribution in [2.45, 2.75) is 64.2 Å². The number of aromatic nitrogens is 3. The molecule has 0 radical (unpaired) electrons. The molecule has 1 aliphatic rings. The third-order valence-electron chi connectivity index (χ3n) is 5.71. The fourth-order valence-electron chi connectivity index (χ4n) is 4.26. The quantitative estimate of drug-likeness (QED) is 0.547. The number of para-hydroxylation sites is 1. The third-order valence-corrected chi connectivity index (χ3v) is 6.05. The lowest BCUT2D eigenvalue weighted by atomic mass is 9.82. The molecule has 1 aromatic heterocycles. The molecule has 0 amide bonds. The number of halogens is 1. The number of hydrogen-bond acceptors (Lipinski definition) is 2. The van der Waals surface area contributed by atoms with Gasteiger partial charge >= 0.3 is 0 Å². The Morgan fingerprint density at radius 2 is 1.92 bits per heavy atom. The van der Waals surface area contributed by atoms with Gasteiger partial charge in [-0.3, -0.25) is 0 Å². The fourth-order valence-corrected chi connectivity index (χ4v) is 4.58. The molecule has 1 heterocycles. The highest BCUT2D eigenvalue weighted by atomic mass is 35.5. The van der Waals surface area contributed by atoms with Crippen molar-refractivity contribution < 1.29 is 0 Å². The maximum atomic E-state index is 6.82. The first-order chi connectivity index (χ1) is 12.8. The van der Waals surface area contributed by atoms with E-state index in [9.17, 15) is 0 Å². The number of nitrogens with one attached hydrogen (secondary N) is 1. The Balaban J connectivity index is 1.86. The van der Waals surface area contributed by atoms with Crippen LogP contribution in [-0.2, 0) is 6.42 Å². The van der Waals surface area contributed by atoms with Crippen molar-refractivity contribution in [1.82, 2.24) is 15.4 Å². The number of rotatable bonds is 5. The minimum absolute atomic E-state index is 0.636. The smallest absolute Gasteiger partial charge is 0.120 e. The molecule has 1 saturated carbocycles. The summed E-state index contributed by atoms with van der Waals surface area (Å²) in [6.45, 7) is 2.22. The summed E-state index contributed by atoms with van der Waals surface area (Å²) in [7, 11) is 0. The molecule has 4 heteroatoms. The number of benzene rings is 2. The second kappa shape index (κ2) is 7.79. The van der Waals surface area contributed by atoms with Gasteiger partial charge < -0.3 is 0 Å². The Hall–Kier alpha value is -1.87. The van der Waals surface area contributed by atoms with Crippen LogP contribution in [0.25, 0.3) is 22.2 Å². The third kappa shape index (κ3) is 3.37. The van der Waals surface area contributed by atoms with E-state index < -0.39 is 0 Å². The van der Waals surface area contributed by atoms with E-state index in [0.717, 1.165) is 40.9 Å². The lowest BCUT2D eigenvalue weighted by Gasteiger charge is -2.24. The molecule has 3 aromatic rings. The molecule has 0 aliphatic heterocycles. The van der Waals surface area contributed by atoms with Crippen LogP contribution in [0.5, 0.6) is 0 Å². The normalized spacial score (nSPS) is 15.6. The van der Waals surface area contributed by atoms with Gasteiger partial charge in [0.05, 0.1) is 0 Å². The lowest BCUT2D eigenvalue weighted by Crippen LogP contribution is -2.06. The van der Waals surface area contributed by atoms with Gasteiger partial charge in [0.1, 0.15) is 11.0 Å². The van der Waals surface area contributed by atoms with E-state index in [1.807, 2.05) is 6.07 Å². The average Bonchev–Trinajstić information content (AvgIpc) is 3.16. The van der Waals surface area contributed by atoms with Gasteiger partial charge in [-0.2, -0.15) is 15.4 Å². The molecule has 0 unspecified atom stereocenters. The van der Waals surface area contributed by atoms with Crippen molar-refractivity contribution in [1.29, 1.82) is 0 Å². The molecule has 0 atom stereocenters. The SMILES string of the molecule is CCCCc1c(Cl)cc(C2CCCCC2)cc1-c1cccc2n[nH]nc12. The molecule has 0 spiro atoms. The second-order valence-corrected chi connectivity index (χ2v) is 7.87. The first kappa shape index (κ1) is 17.5. The first-order valence-electron chi connectivity index (χ1n) is 9.90. The summed E-state index contributed by atoms with van der Waals surface area (Å²) in [6.07, 6.45) is 9.88. The van der Waals surface area contributed by atoms with Crippen molar-refractivity contribution in [2.24, 2.45) is 0 Å². The van der Waals surface area contributed by atoms with E-state index in [1.165, 1.54) is 48.8 Å². The van der Waals surface area contributed by atoms with Crippen LogP contribution in [0.15, 0.2) is 30.3 Å². The first-order valence-corrected chi connectivity index (χ1v) is 10.3. The van der Waals surface area contributed by atoms with Gasteiger partial charge in [0.25, 0.3) is 0 Å². The Bertz CT molecular complexity index is 894. The van der Waals surface area contributed by atoms with Crippen LogP contribution in [0.1, 0.15) is 68.9 Å². The number of aromatic amines is 1. The molecular weight excluding hydrogens is 342 g/mol. The Morgan fingerprint density at radius 3 is 2.73 bits per heavy atom. The number of fused-ring (bicyclic) bond motifs is 1. The molecule has 1 fully saturated rings. The largest absolute Gasteiger partial charge is 0.197 e. The van der Waals surface area contributed by atoms with Crippen LogP contribution in [0.3, 0.4) is 0 Å². The Kier molecular flexibility index (Phi) is 5.26. The molecule has 0 saturated heterocycles. The van der Waals surface area contributed by atoms with Gasteiger partial charge in [-0.25, -0.2) is 0 Å². The van der Waals surface area contributed by atoms with Crippen molar-refractivity contribution >= 4 is 22.6 Å². The Morgan fingerprint density at radius 1 is 1.08 bits per heavy atom. The van der Waals surface area contributed by atoms with Crippen LogP contribution in [0.2, 0.25) is 5.02 Å². The highest BCUT2D eigenvalue weighted by Crippen LogP contribution is 2.40. The molecule has 1 aliphatic carbocycles. The van der Waals surface area contributed by atoms with Crippen molar-refractivity contribution in [3.63, 3.8) is 0 Å². The molecule has 4 rings (SSSR count). The average molecular weight is 368 g/mol. The topological polar surface area (TPSA) is 41.6 Å². The highest BCUT2D eigenvalue weighted by Gasteiger charge is 2.20. The van der Waals surface area contributed by atoms with E-state index in [2.05, 4.69) is 46.6 Å². The van der Waals surface area contributed by atoms with Gasteiger partial charge in [-0.1, -0.05) is 62.4 Å². The van der Waals surface area contributed by atoms with Crippen molar-refractivity contribution in [2.75, 3.05) is 0 Å². The number of unbranched alkanes of at least 4 members (excludes halogenated alkanes) is 1. The Labute approximate surface area is 160 Å². The minimum atomic E-state index is 0.636. The summed E-state index contributed by atoms with van der Waals surface area (Å²) in [5.41, 5.74) is 6.87. The minimum Gasteiger partial charge on any atom is -0.197 e. The van der Waals surface area contributed by atoms with E-state index in [1.54, 1.807) is 0 Å². The van der Waals surface area contributed by atoms with Gasteiger partial charge in [0.2, 0.25) is 0 Å². The molecular formula is C22H26ClN3. The lowest BCUT2D eigenvalue weighted by molar-refractivity contribution is 0.443. The number of nitrogens with zero attached hydrogens (tertiary/aromatic N) is 2. The molecule has 26 heavy (non-hydrogen) atoms. The zero-order chi connectivity index (χ0) is 17.9. The molecule has 0 bridgehead atoms.